The first-order chi connectivity index (χ1) is 12.2. The van der Waals surface area contributed by atoms with Crippen LogP contribution in [0.3, 0.4) is 0 Å². The van der Waals surface area contributed by atoms with Crippen LogP contribution in [-0.4, -0.2) is 38.8 Å². The van der Waals surface area contributed by atoms with E-state index < -0.39 is 27.8 Å². The molecule has 2 aromatic carbocycles. The highest BCUT2D eigenvalue weighted by atomic mass is 32.2. The van der Waals surface area contributed by atoms with Gasteiger partial charge in [0.05, 0.1) is 24.5 Å². The van der Waals surface area contributed by atoms with Gasteiger partial charge < -0.3 is 15.2 Å². The third-order valence-electron chi connectivity index (χ3n) is 3.75. The molecule has 0 fully saturated rings. The van der Waals surface area contributed by atoms with Crippen LogP contribution in [0.4, 0.5) is 0 Å². The van der Waals surface area contributed by atoms with E-state index in [1.807, 2.05) is 0 Å². The molecule has 2 aromatic rings. The smallest absolute Gasteiger partial charge is 0.305 e. The number of aliphatic carboxylic acids is 1. The molecule has 2 N–H and O–H groups in total. The van der Waals surface area contributed by atoms with Crippen LogP contribution in [-0.2, 0) is 14.6 Å². The summed E-state index contributed by atoms with van der Waals surface area (Å²) in [5.41, 5.74) is 0.857. The first-order valence-electron chi connectivity index (χ1n) is 7.67. The van der Waals surface area contributed by atoms with Crippen molar-refractivity contribution in [2.45, 2.75) is 17.4 Å². The van der Waals surface area contributed by atoms with Gasteiger partial charge in [0, 0.05) is 11.8 Å². The van der Waals surface area contributed by atoms with E-state index in [9.17, 15) is 18.0 Å². The molecule has 0 saturated heterocycles. The van der Waals surface area contributed by atoms with E-state index in [2.05, 4.69) is 5.32 Å². The molecule has 0 bridgehead atoms. The zero-order valence-corrected chi connectivity index (χ0v) is 15.1. The molecule has 8 heteroatoms. The Labute approximate surface area is 151 Å². The Morgan fingerprint density at radius 3 is 2.12 bits per heavy atom. The molecule has 0 aliphatic heterocycles. The van der Waals surface area contributed by atoms with Crippen molar-refractivity contribution >= 4 is 21.7 Å². The lowest BCUT2D eigenvalue weighted by Crippen LogP contribution is -2.30. The molecule has 0 aromatic heterocycles. The van der Waals surface area contributed by atoms with Crippen molar-refractivity contribution in [1.29, 1.82) is 0 Å². The predicted octanol–water partition coefficient (Wildman–Crippen LogP) is 2.04. The molecule has 0 spiro atoms. The maximum Gasteiger partial charge on any atom is 0.305 e. The fourth-order valence-electron chi connectivity index (χ4n) is 2.36. The molecule has 0 radical (unpaired) electrons. The molecule has 0 aliphatic rings. The van der Waals surface area contributed by atoms with E-state index in [0.29, 0.717) is 11.3 Å². The number of hydrogen-bond donors (Lipinski definition) is 2. The zero-order chi connectivity index (χ0) is 19.3. The number of hydrogen-bond acceptors (Lipinski definition) is 5. The molecule has 1 atom stereocenters. The van der Waals surface area contributed by atoms with Crippen molar-refractivity contribution in [1.82, 2.24) is 5.32 Å². The largest absolute Gasteiger partial charge is 0.497 e. The lowest BCUT2D eigenvalue weighted by atomic mass is 10.0. The minimum absolute atomic E-state index is 0.103. The maximum atomic E-state index is 12.4. The molecule has 1 amide bonds. The number of amides is 1. The summed E-state index contributed by atoms with van der Waals surface area (Å²) in [5, 5.41) is 11.8. The molecular formula is C18H19NO6S. The minimum Gasteiger partial charge on any atom is -0.497 e. The number of rotatable bonds is 7. The van der Waals surface area contributed by atoms with Gasteiger partial charge in [0.25, 0.3) is 5.91 Å². The molecule has 138 valence electrons. The van der Waals surface area contributed by atoms with Crippen LogP contribution >= 0.6 is 0 Å². The topological polar surface area (TPSA) is 110 Å². The number of carbonyl (C=O) groups excluding carboxylic acids is 1. The monoisotopic (exact) mass is 377 g/mol. The van der Waals surface area contributed by atoms with Gasteiger partial charge in [-0.15, -0.1) is 0 Å². The Balaban J connectivity index is 2.21. The second-order valence-electron chi connectivity index (χ2n) is 5.69. The van der Waals surface area contributed by atoms with Gasteiger partial charge in [-0.3, -0.25) is 9.59 Å². The molecule has 2 rings (SSSR count). The van der Waals surface area contributed by atoms with E-state index in [4.69, 9.17) is 9.84 Å². The average Bonchev–Trinajstić information content (AvgIpc) is 2.60. The third kappa shape index (κ3) is 5.06. The SMILES string of the molecule is COc1ccc(C(CC(=O)O)NC(=O)c2ccc(S(C)(=O)=O)cc2)cc1. The number of methoxy groups -OCH3 is 1. The summed E-state index contributed by atoms with van der Waals surface area (Å²) < 4.78 is 28.0. The number of sulfone groups is 1. The Morgan fingerprint density at radius 2 is 1.65 bits per heavy atom. The lowest BCUT2D eigenvalue weighted by molar-refractivity contribution is -0.137. The summed E-state index contributed by atoms with van der Waals surface area (Å²) in [4.78, 5) is 23.7. The van der Waals surface area contributed by atoms with Crippen LogP contribution in [0.15, 0.2) is 53.4 Å². The Hall–Kier alpha value is -2.87. The summed E-state index contributed by atoms with van der Waals surface area (Å²) in [7, 11) is -1.84. The van der Waals surface area contributed by atoms with Gasteiger partial charge in [-0.25, -0.2) is 8.42 Å². The summed E-state index contributed by atoms with van der Waals surface area (Å²) in [6.07, 6.45) is 0.786. The normalized spacial score (nSPS) is 12.2. The summed E-state index contributed by atoms with van der Waals surface area (Å²) in [5.74, 6) is -0.934. The maximum absolute atomic E-state index is 12.4. The van der Waals surface area contributed by atoms with Crippen molar-refractivity contribution in [2.75, 3.05) is 13.4 Å². The van der Waals surface area contributed by atoms with Gasteiger partial charge in [0.15, 0.2) is 9.84 Å². The Morgan fingerprint density at radius 1 is 1.08 bits per heavy atom. The van der Waals surface area contributed by atoms with Gasteiger partial charge in [-0.05, 0) is 42.0 Å². The molecule has 0 aliphatic carbocycles. The predicted molar refractivity (Wildman–Crippen MR) is 95.0 cm³/mol. The highest BCUT2D eigenvalue weighted by Gasteiger charge is 2.19. The highest BCUT2D eigenvalue weighted by Crippen LogP contribution is 2.21. The second kappa shape index (κ2) is 8.01. The van der Waals surface area contributed by atoms with Crippen LogP contribution in [0.2, 0.25) is 0 Å². The number of carboxylic acids is 1. The van der Waals surface area contributed by atoms with E-state index in [1.54, 1.807) is 24.3 Å². The zero-order valence-electron chi connectivity index (χ0n) is 14.3. The summed E-state index contributed by atoms with van der Waals surface area (Å²) in [6, 6.07) is 11.4. The fourth-order valence-corrected chi connectivity index (χ4v) is 2.99. The first kappa shape index (κ1) is 19.5. The minimum atomic E-state index is -3.36. The number of carbonyl (C=O) groups is 2. The van der Waals surface area contributed by atoms with Crippen LogP contribution in [0.1, 0.15) is 28.4 Å². The van der Waals surface area contributed by atoms with Crippen LogP contribution in [0.25, 0.3) is 0 Å². The molecular weight excluding hydrogens is 358 g/mol. The van der Waals surface area contributed by atoms with Crippen LogP contribution < -0.4 is 10.1 Å². The van der Waals surface area contributed by atoms with E-state index in [-0.39, 0.29) is 16.9 Å². The van der Waals surface area contributed by atoms with Crippen LogP contribution in [0, 0.1) is 0 Å². The average molecular weight is 377 g/mol. The molecule has 0 heterocycles. The summed E-state index contributed by atoms with van der Waals surface area (Å²) in [6.45, 7) is 0. The number of benzene rings is 2. The summed E-state index contributed by atoms with van der Waals surface area (Å²) >= 11 is 0. The van der Waals surface area contributed by atoms with Gasteiger partial charge in [0.2, 0.25) is 0 Å². The standard InChI is InChI=1S/C18H19NO6S/c1-25-14-7-3-12(4-8-14)16(11-17(20)21)19-18(22)13-5-9-15(10-6-13)26(2,23)24/h3-10,16H,11H2,1-2H3,(H,19,22)(H,20,21). The highest BCUT2D eigenvalue weighted by molar-refractivity contribution is 7.90. The Bertz CT molecular complexity index is 888. The lowest BCUT2D eigenvalue weighted by Gasteiger charge is -2.18. The Kier molecular flexibility index (Phi) is 5.99. The van der Waals surface area contributed by atoms with Gasteiger partial charge in [0.1, 0.15) is 5.75 Å². The van der Waals surface area contributed by atoms with Crippen molar-refractivity contribution in [3.63, 3.8) is 0 Å². The third-order valence-corrected chi connectivity index (χ3v) is 4.88. The quantitative estimate of drug-likeness (QED) is 0.764. The number of nitrogens with one attached hydrogen (secondary N) is 1. The number of ether oxygens (including phenoxy) is 1. The fraction of sp³-hybridized carbons (Fsp3) is 0.222. The molecule has 0 saturated carbocycles. The van der Waals surface area contributed by atoms with Crippen molar-refractivity contribution in [2.24, 2.45) is 0 Å². The molecule has 26 heavy (non-hydrogen) atoms. The van der Waals surface area contributed by atoms with Crippen LogP contribution in [0.5, 0.6) is 5.75 Å². The van der Waals surface area contributed by atoms with Crippen molar-refractivity contribution in [3.8, 4) is 5.75 Å². The van der Waals surface area contributed by atoms with Gasteiger partial charge in [-0.2, -0.15) is 0 Å². The first-order valence-corrected chi connectivity index (χ1v) is 9.56. The van der Waals surface area contributed by atoms with E-state index >= 15 is 0 Å². The van der Waals surface area contributed by atoms with Crippen molar-refractivity contribution < 1.29 is 27.9 Å². The molecule has 7 nitrogen and oxygen atoms in total. The van der Waals surface area contributed by atoms with Gasteiger partial charge >= 0.3 is 5.97 Å². The molecule has 1 unspecified atom stereocenters. The van der Waals surface area contributed by atoms with Gasteiger partial charge in [-0.1, -0.05) is 12.1 Å². The van der Waals surface area contributed by atoms with Crippen molar-refractivity contribution in [3.05, 3.63) is 59.7 Å². The number of carboxylic acid groups (broad SMARTS) is 1. The second-order valence-corrected chi connectivity index (χ2v) is 7.71. The van der Waals surface area contributed by atoms with E-state index in [1.165, 1.54) is 31.4 Å². The van der Waals surface area contributed by atoms with E-state index in [0.717, 1.165) is 6.26 Å².